The summed E-state index contributed by atoms with van der Waals surface area (Å²) in [5.74, 6) is 1.77. The van der Waals surface area contributed by atoms with Gasteiger partial charge in [0.05, 0.1) is 12.0 Å². The Kier molecular flexibility index (Phi) is 3.97. The first kappa shape index (κ1) is 13.4. The molecule has 106 valence electrons. The summed E-state index contributed by atoms with van der Waals surface area (Å²) < 4.78 is 5.68. The minimum atomic E-state index is 0.0345. The first-order valence-corrected chi connectivity index (χ1v) is 7.07. The van der Waals surface area contributed by atoms with Crippen molar-refractivity contribution in [3.63, 3.8) is 0 Å². The third kappa shape index (κ3) is 3.29. The molecule has 2 aromatic rings. The van der Waals surface area contributed by atoms with Crippen LogP contribution in [-0.2, 0) is 0 Å². The lowest BCUT2D eigenvalue weighted by atomic mass is 10.1. The molecule has 0 bridgehead atoms. The fourth-order valence-corrected chi connectivity index (χ4v) is 2.53. The van der Waals surface area contributed by atoms with Crippen LogP contribution in [0.4, 0.5) is 5.95 Å². The van der Waals surface area contributed by atoms with Gasteiger partial charge in [0.1, 0.15) is 5.75 Å². The summed E-state index contributed by atoms with van der Waals surface area (Å²) in [4.78, 5) is 8.55. The molecular weight excluding hydrogens is 264 g/mol. The number of hydrogen-bond acceptors (Lipinski definition) is 5. The number of benzene rings is 1. The molecule has 0 aliphatic heterocycles. The lowest BCUT2D eigenvalue weighted by Gasteiger charge is -2.15. The van der Waals surface area contributed by atoms with Crippen molar-refractivity contribution in [1.82, 2.24) is 9.97 Å². The highest BCUT2D eigenvalue weighted by atomic mass is 16.5. The molecule has 1 aliphatic rings. The largest absolute Gasteiger partial charge is 0.439 e. The van der Waals surface area contributed by atoms with Crippen molar-refractivity contribution in [3.8, 4) is 17.7 Å². The maximum atomic E-state index is 9.11. The molecule has 0 saturated heterocycles. The van der Waals surface area contributed by atoms with E-state index in [1.54, 1.807) is 12.3 Å². The summed E-state index contributed by atoms with van der Waals surface area (Å²) in [5, 5.41) is 12.4. The van der Waals surface area contributed by atoms with Crippen molar-refractivity contribution in [3.05, 3.63) is 42.6 Å². The highest BCUT2D eigenvalue weighted by molar-refractivity contribution is 5.33. The van der Waals surface area contributed by atoms with Crippen LogP contribution in [-0.4, -0.2) is 16.0 Å². The van der Waals surface area contributed by atoms with Crippen molar-refractivity contribution < 1.29 is 4.74 Å². The van der Waals surface area contributed by atoms with Crippen LogP contribution < -0.4 is 10.1 Å². The Labute approximate surface area is 123 Å². The molecule has 0 amide bonds. The van der Waals surface area contributed by atoms with Gasteiger partial charge in [0, 0.05) is 18.3 Å². The lowest BCUT2D eigenvalue weighted by molar-refractivity contribution is 0.461. The SMILES string of the molecule is N#CC1CCCC1Nc1nccc(Oc2ccccc2)n1. The van der Waals surface area contributed by atoms with Gasteiger partial charge in [-0.3, -0.25) is 0 Å². The number of para-hydroxylation sites is 1. The number of nitriles is 1. The predicted octanol–water partition coefficient (Wildman–Crippen LogP) is 3.37. The first-order chi connectivity index (χ1) is 10.3. The summed E-state index contributed by atoms with van der Waals surface area (Å²) in [7, 11) is 0. The van der Waals surface area contributed by atoms with E-state index in [1.165, 1.54) is 0 Å². The van der Waals surface area contributed by atoms with Gasteiger partial charge in [-0.2, -0.15) is 10.2 Å². The van der Waals surface area contributed by atoms with Gasteiger partial charge in [0.15, 0.2) is 0 Å². The molecule has 3 rings (SSSR count). The van der Waals surface area contributed by atoms with E-state index in [0.29, 0.717) is 11.8 Å². The number of hydrogen-bond donors (Lipinski definition) is 1. The molecule has 1 aromatic carbocycles. The standard InChI is InChI=1S/C16H16N4O/c17-11-12-5-4-8-14(12)19-16-18-10-9-15(20-16)21-13-6-2-1-3-7-13/h1-3,6-7,9-10,12,14H,4-5,8H2,(H,18,19,20). The van der Waals surface area contributed by atoms with Gasteiger partial charge in [-0.05, 0) is 31.4 Å². The Balaban J connectivity index is 1.70. The second-order valence-electron chi connectivity index (χ2n) is 5.05. The molecule has 5 nitrogen and oxygen atoms in total. The molecule has 0 radical (unpaired) electrons. The highest BCUT2D eigenvalue weighted by Crippen LogP contribution is 2.27. The second-order valence-corrected chi connectivity index (χ2v) is 5.05. The van der Waals surface area contributed by atoms with Gasteiger partial charge >= 0.3 is 0 Å². The van der Waals surface area contributed by atoms with Crippen molar-refractivity contribution in [2.24, 2.45) is 5.92 Å². The molecule has 2 unspecified atom stereocenters. The molecule has 5 heteroatoms. The quantitative estimate of drug-likeness (QED) is 0.929. The van der Waals surface area contributed by atoms with Gasteiger partial charge in [-0.1, -0.05) is 18.2 Å². The van der Waals surface area contributed by atoms with E-state index in [4.69, 9.17) is 10.00 Å². The van der Waals surface area contributed by atoms with Crippen LogP contribution in [0.3, 0.4) is 0 Å². The summed E-state index contributed by atoms with van der Waals surface area (Å²) >= 11 is 0. The predicted molar refractivity (Wildman–Crippen MR) is 78.9 cm³/mol. The molecule has 1 aromatic heterocycles. The van der Waals surface area contributed by atoms with E-state index < -0.39 is 0 Å². The number of anilines is 1. The summed E-state index contributed by atoms with van der Waals surface area (Å²) in [5.41, 5.74) is 0. The zero-order chi connectivity index (χ0) is 14.5. The average Bonchev–Trinajstić information content (AvgIpc) is 2.96. The Morgan fingerprint density at radius 1 is 1.19 bits per heavy atom. The Hall–Kier alpha value is -2.61. The van der Waals surface area contributed by atoms with Crippen LogP contribution in [0.2, 0.25) is 0 Å². The Morgan fingerprint density at radius 2 is 2.05 bits per heavy atom. The Bertz CT molecular complexity index is 638. The average molecular weight is 280 g/mol. The van der Waals surface area contributed by atoms with Crippen LogP contribution in [0.5, 0.6) is 11.6 Å². The monoisotopic (exact) mass is 280 g/mol. The van der Waals surface area contributed by atoms with Crippen LogP contribution in [0.15, 0.2) is 42.6 Å². The van der Waals surface area contributed by atoms with Crippen molar-refractivity contribution in [2.45, 2.75) is 25.3 Å². The van der Waals surface area contributed by atoms with Crippen molar-refractivity contribution in [2.75, 3.05) is 5.32 Å². The van der Waals surface area contributed by atoms with Gasteiger partial charge < -0.3 is 10.1 Å². The lowest BCUT2D eigenvalue weighted by Crippen LogP contribution is -2.24. The third-order valence-corrected chi connectivity index (χ3v) is 3.59. The maximum Gasteiger partial charge on any atom is 0.226 e. The zero-order valence-electron chi connectivity index (χ0n) is 11.6. The molecule has 1 saturated carbocycles. The van der Waals surface area contributed by atoms with Gasteiger partial charge in [0.25, 0.3) is 0 Å². The molecule has 1 aliphatic carbocycles. The molecule has 21 heavy (non-hydrogen) atoms. The van der Waals surface area contributed by atoms with E-state index in [1.807, 2.05) is 30.3 Å². The summed E-state index contributed by atoms with van der Waals surface area (Å²) in [6.45, 7) is 0. The smallest absolute Gasteiger partial charge is 0.226 e. The number of nitrogens with one attached hydrogen (secondary N) is 1. The minimum Gasteiger partial charge on any atom is -0.439 e. The summed E-state index contributed by atoms with van der Waals surface area (Å²) in [6, 6.07) is 13.7. The summed E-state index contributed by atoms with van der Waals surface area (Å²) in [6.07, 6.45) is 4.64. The van der Waals surface area contributed by atoms with E-state index >= 15 is 0 Å². The number of nitrogens with zero attached hydrogens (tertiary/aromatic N) is 3. The fraction of sp³-hybridized carbons (Fsp3) is 0.312. The second kappa shape index (κ2) is 6.23. The third-order valence-electron chi connectivity index (χ3n) is 3.59. The van der Waals surface area contributed by atoms with Crippen molar-refractivity contribution >= 4 is 5.95 Å². The van der Waals surface area contributed by atoms with Gasteiger partial charge in [-0.25, -0.2) is 4.98 Å². The zero-order valence-corrected chi connectivity index (χ0v) is 11.6. The Morgan fingerprint density at radius 3 is 2.86 bits per heavy atom. The molecular formula is C16H16N4O. The van der Waals surface area contributed by atoms with E-state index in [-0.39, 0.29) is 12.0 Å². The number of rotatable bonds is 4. The topological polar surface area (TPSA) is 70.8 Å². The molecule has 0 spiro atoms. The van der Waals surface area contributed by atoms with E-state index in [2.05, 4.69) is 21.4 Å². The molecule has 2 atom stereocenters. The van der Waals surface area contributed by atoms with Gasteiger partial charge in [-0.15, -0.1) is 0 Å². The molecule has 1 heterocycles. The fourth-order valence-electron chi connectivity index (χ4n) is 2.53. The molecule has 1 fully saturated rings. The van der Waals surface area contributed by atoms with Gasteiger partial charge in [0.2, 0.25) is 11.8 Å². The first-order valence-electron chi connectivity index (χ1n) is 7.07. The maximum absolute atomic E-state index is 9.11. The van der Waals surface area contributed by atoms with Crippen LogP contribution in [0.25, 0.3) is 0 Å². The highest BCUT2D eigenvalue weighted by Gasteiger charge is 2.27. The van der Waals surface area contributed by atoms with E-state index in [9.17, 15) is 0 Å². The normalized spacial score (nSPS) is 20.7. The van der Waals surface area contributed by atoms with Crippen molar-refractivity contribution in [1.29, 1.82) is 5.26 Å². The van der Waals surface area contributed by atoms with Crippen LogP contribution in [0.1, 0.15) is 19.3 Å². The molecule has 1 N–H and O–H groups in total. The number of ether oxygens (including phenoxy) is 1. The van der Waals surface area contributed by atoms with Crippen LogP contribution >= 0.6 is 0 Å². The minimum absolute atomic E-state index is 0.0345. The van der Waals surface area contributed by atoms with Crippen LogP contribution in [0, 0.1) is 17.2 Å². The number of aromatic nitrogens is 2. The van der Waals surface area contributed by atoms with E-state index in [0.717, 1.165) is 25.0 Å².